The highest BCUT2D eigenvalue weighted by Crippen LogP contribution is 2.26. The van der Waals surface area contributed by atoms with Crippen molar-refractivity contribution in [2.75, 3.05) is 4.72 Å². The Labute approximate surface area is 129 Å². The van der Waals surface area contributed by atoms with Crippen LogP contribution < -0.4 is 9.46 Å². The number of benzene rings is 2. The first kappa shape index (κ1) is 17.1. The number of halogens is 4. The van der Waals surface area contributed by atoms with E-state index in [9.17, 15) is 26.0 Å². The second-order valence-electron chi connectivity index (χ2n) is 4.59. The number of rotatable bonds is 4. The van der Waals surface area contributed by atoms with Crippen LogP contribution in [0.2, 0.25) is 0 Å². The SMILES string of the molecule is Cc1ccc(S(=O)(=O)Nc2cccc(OC(F)(F)F)c2)cc1F. The van der Waals surface area contributed by atoms with Crippen molar-refractivity contribution in [1.82, 2.24) is 0 Å². The predicted molar refractivity (Wildman–Crippen MR) is 75.1 cm³/mol. The summed E-state index contributed by atoms with van der Waals surface area (Å²) in [4.78, 5) is -0.345. The van der Waals surface area contributed by atoms with Gasteiger partial charge in [0.1, 0.15) is 11.6 Å². The molecule has 0 spiro atoms. The molecule has 0 aromatic heterocycles. The molecule has 0 saturated heterocycles. The summed E-state index contributed by atoms with van der Waals surface area (Å²) in [5.74, 6) is -1.28. The molecule has 2 aromatic rings. The van der Waals surface area contributed by atoms with E-state index in [-0.39, 0.29) is 16.1 Å². The van der Waals surface area contributed by atoms with E-state index in [4.69, 9.17) is 0 Å². The van der Waals surface area contributed by atoms with E-state index in [0.29, 0.717) is 0 Å². The zero-order valence-corrected chi connectivity index (χ0v) is 12.5. The van der Waals surface area contributed by atoms with E-state index in [0.717, 1.165) is 18.2 Å². The van der Waals surface area contributed by atoms with E-state index in [2.05, 4.69) is 9.46 Å². The topological polar surface area (TPSA) is 55.4 Å². The molecule has 0 aliphatic heterocycles. The Bertz CT molecular complexity index is 819. The molecule has 0 radical (unpaired) electrons. The van der Waals surface area contributed by atoms with E-state index in [1.807, 2.05) is 0 Å². The number of sulfonamides is 1. The number of aryl methyl sites for hydroxylation is 1. The van der Waals surface area contributed by atoms with Crippen LogP contribution in [0.4, 0.5) is 23.2 Å². The van der Waals surface area contributed by atoms with Gasteiger partial charge in [-0.05, 0) is 36.8 Å². The Morgan fingerprint density at radius 3 is 2.39 bits per heavy atom. The van der Waals surface area contributed by atoms with Crippen LogP contribution in [0, 0.1) is 12.7 Å². The van der Waals surface area contributed by atoms with Crippen LogP contribution in [-0.2, 0) is 10.0 Å². The van der Waals surface area contributed by atoms with Crippen molar-refractivity contribution in [1.29, 1.82) is 0 Å². The van der Waals surface area contributed by atoms with Gasteiger partial charge in [0.25, 0.3) is 10.0 Å². The molecule has 0 aliphatic rings. The number of hydrogen-bond donors (Lipinski definition) is 1. The third kappa shape index (κ3) is 4.59. The number of nitrogens with one attached hydrogen (secondary N) is 1. The normalized spacial score (nSPS) is 12.0. The second kappa shape index (κ2) is 6.07. The van der Waals surface area contributed by atoms with Crippen LogP contribution in [0.1, 0.15) is 5.56 Å². The lowest BCUT2D eigenvalue weighted by molar-refractivity contribution is -0.274. The van der Waals surface area contributed by atoms with Crippen molar-refractivity contribution < 1.29 is 30.7 Å². The van der Waals surface area contributed by atoms with Crippen molar-refractivity contribution in [3.05, 3.63) is 53.8 Å². The lowest BCUT2D eigenvalue weighted by atomic mass is 10.2. The Morgan fingerprint density at radius 2 is 1.78 bits per heavy atom. The fraction of sp³-hybridized carbons (Fsp3) is 0.143. The third-order valence-corrected chi connectivity index (χ3v) is 4.15. The largest absolute Gasteiger partial charge is 0.573 e. The molecule has 0 bridgehead atoms. The van der Waals surface area contributed by atoms with Gasteiger partial charge in [-0.2, -0.15) is 0 Å². The first-order valence-electron chi connectivity index (χ1n) is 6.22. The Hall–Kier alpha value is -2.29. The molecule has 23 heavy (non-hydrogen) atoms. The molecular weight excluding hydrogens is 338 g/mol. The molecule has 0 atom stereocenters. The molecule has 0 saturated carbocycles. The van der Waals surface area contributed by atoms with Gasteiger partial charge >= 0.3 is 6.36 Å². The van der Waals surface area contributed by atoms with Crippen molar-refractivity contribution >= 4 is 15.7 Å². The van der Waals surface area contributed by atoms with Crippen LogP contribution in [0.25, 0.3) is 0 Å². The lowest BCUT2D eigenvalue weighted by Gasteiger charge is -2.12. The average Bonchev–Trinajstić information content (AvgIpc) is 2.39. The molecule has 0 heterocycles. The number of ether oxygens (including phenoxy) is 1. The lowest BCUT2D eigenvalue weighted by Crippen LogP contribution is -2.17. The molecule has 0 amide bonds. The number of alkyl halides is 3. The summed E-state index contributed by atoms with van der Waals surface area (Å²) in [7, 11) is -4.14. The summed E-state index contributed by atoms with van der Waals surface area (Å²) >= 11 is 0. The predicted octanol–water partition coefficient (Wildman–Crippen LogP) is 3.83. The summed E-state index contributed by atoms with van der Waals surface area (Å²) in [6.07, 6.45) is -4.89. The van der Waals surface area contributed by atoms with Gasteiger partial charge in [-0.25, -0.2) is 12.8 Å². The van der Waals surface area contributed by atoms with E-state index >= 15 is 0 Å². The molecule has 0 unspecified atom stereocenters. The maximum Gasteiger partial charge on any atom is 0.573 e. The molecule has 1 N–H and O–H groups in total. The van der Waals surface area contributed by atoms with Crippen LogP contribution in [0.15, 0.2) is 47.4 Å². The van der Waals surface area contributed by atoms with E-state index in [1.54, 1.807) is 0 Å². The van der Waals surface area contributed by atoms with Gasteiger partial charge in [-0.1, -0.05) is 12.1 Å². The average molecular weight is 349 g/mol. The van der Waals surface area contributed by atoms with Crippen LogP contribution in [0.3, 0.4) is 0 Å². The van der Waals surface area contributed by atoms with E-state index in [1.165, 1.54) is 31.2 Å². The minimum Gasteiger partial charge on any atom is -0.406 e. The molecule has 0 aliphatic carbocycles. The van der Waals surface area contributed by atoms with E-state index < -0.39 is 28.0 Å². The highest BCUT2D eigenvalue weighted by molar-refractivity contribution is 7.92. The molecule has 124 valence electrons. The van der Waals surface area contributed by atoms with Gasteiger partial charge in [0.2, 0.25) is 0 Å². The summed E-state index contributed by atoms with van der Waals surface area (Å²) in [6, 6.07) is 7.63. The highest BCUT2D eigenvalue weighted by atomic mass is 32.2. The fourth-order valence-corrected chi connectivity index (χ4v) is 2.77. The minimum absolute atomic E-state index is 0.146. The summed E-state index contributed by atoms with van der Waals surface area (Å²) in [6.45, 7) is 1.47. The van der Waals surface area contributed by atoms with Crippen LogP contribution >= 0.6 is 0 Å². The fourth-order valence-electron chi connectivity index (χ4n) is 1.71. The summed E-state index contributed by atoms with van der Waals surface area (Å²) < 4.78 is 79.9. The molecule has 2 rings (SSSR count). The summed E-state index contributed by atoms with van der Waals surface area (Å²) in [5, 5.41) is 0. The Kier molecular flexibility index (Phi) is 4.51. The molecular formula is C14H11F4NO3S. The van der Waals surface area contributed by atoms with Crippen molar-refractivity contribution in [3.63, 3.8) is 0 Å². The monoisotopic (exact) mass is 349 g/mol. The third-order valence-electron chi connectivity index (χ3n) is 2.77. The van der Waals surface area contributed by atoms with Gasteiger partial charge in [0, 0.05) is 6.07 Å². The maximum absolute atomic E-state index is 13.5. The maximum atomic E-state index is 13.5. The minimum atomic E-state index is -4.89. The zero-order chi connectivity index (χ0) is 17.3. The quantitative estimate of drug-likeness (QED) is 0.854. The molecule has 4 nitrogen and oxygen atoms in total. The Balaban J connectivity index is 2.27. The Morgan fingerprint density at radius 1 is 1.09 bits per heavy atom. The zero-order valence-electron chi connectivity index (χ0n) is 11.7. The number of hydrogen-bond acceptors (Lipinski definition) is 3. The first-order chi connectivity index (χ1) is 10.6. The smallest absolute Gasteiger partial charge is 0.406 e. The first-order valence-corrected chi connectivity index (χ1v) is 7.70. The highest BCUT2D eigenvalue weighted by Gasteiger charge is 2.31. The van der Waals surface area contributed by atoms with Gasteiger partial charge in [-0.15, -0.1) is 13.2 Å². The van der Waals surface area contributed by atoms with Gasteiger partial charge in [0.15, 0.2) is 0 Å². The molecule has 9 heteroatoms. The van der Waals surface area contributed by atoms with Gasteiger partial charge in [0.05, 0.1) is 10.6 Å². The summed E-state index contributed by atoms with van der Waals surface area (Å²) in [5.41, 5.74) is 0.122. The molecule has 0 fully saturated rings. The van der Waals surface area contributed by atoms with Crippen molar-refractivity contribution in [2.24, 2.45) is 0 Å². The van der Waals surface area contributed by atoms with Crippen LogP contribution in [-0.4, -0.2) is 14.8 Å². The number of anilines is 1. The van der Waals surface area contributed by atoms with Gasteiger partial charge < -0.3 is 4.74 Å². The molecule has 2 aromatic carbocycles. The van der Waals surface area contributed by atoms with Gasteiger partial charge in [-0.3, -0.25) is 4.72 Å². The van der Waals surface area contributed by atoms with Crippen LogP contribution in [0.5, 0.6) is 5.75 Å². The van der Waals surface area contributed by atoms with Crippen molar-refractivity contribution in [2.45, 2.75) is 18.2 Å². The second-order valence-corrected chi connectivity index (χ2v) is 6.27. The van der Waals surface area contributed by atoms with Crippen molar-refractivity contribution in [3.8, 4) is 5.75 Å². The standard InChI is InChI=1S/C14H11F4NO3S/c1-9-5-6-12(8-13(9)15)23(20,21)19-10-3-2-4-11(7-10)22-14(16,17)18/h2-8,19H,1H3.